The third-order valence-corrected chi connectivity index (χ3v) is 3.09. The number of carbonyl (C=O) groups is 2. The summed E-state index contributed by atoms with van der Waals surface area (Å²) in [6, 6.07) is 4.76. The second-order valence-corrected chi connectivity index (χ2v) is 6.64. The molecule has 0 fully saturated rings. The number of amides is 1. The first kappa shape index (κ1) is 21.6. The zero-order chi connectivity index (χ0) is 20.0. The molecule has 6 nitrogen and oxygen atoms in total. The molecule has 2 N–H and O–H groups in total. The van der Waals surface area contributed by atoms with Crippen molar-refractivity contribution in [1.29, 1.82) is 0 Å². The summed E-state index contributed by atoms with van der Waals surface area (Å²) in [4.78, 5) is 22.7. The Morgan fingerprint density at radius 3 is 2.35 bits per heavy atom. The number of aliphatic carboxylic acids is 1. The van der Waals surface area contributed by atoms with E-state index in [1.165, 1.54) is 18.2 Å². The number of para-hydroxylation sites is 1. The molecule has 146 valence electrons. The van der Waals surface area contributed by atoms with Crippen LogP contribution < -0.4 is 10.1 Å². The quantitative estimate of drug-likeness (QED) is 0.753. The van der Waals surface area contributed by atoms with E-state index in [2.05, 4.69) is 10.1 Å². The van der Waals surface area contributed by atoms with Crippen LogP contribution in [0.2, 0.25) is 0 Å². The average molecular weight is 377 g/mol. The smallest absolute Gasteiger partial charge is 0.481 e. The molecule has 0 aliphatic carbocycles. The van der Waals surface area contributed by atoms with Crippen LogP contribution in [-0.2, 0) is 16.0 Å². The molecule has 0 aliphatic heterocycles. The topological polar surface area (TPSA) is 84.9 Å². The van der Waals surface area contributed by atoms with Gasteiger partial charge in [-0.3, -0.25) is 4.79 Å². The molecule has 1 aromatic carbocycles. The van der Waals surface area contributed by atoms with E-state index >= 15 is 0 Å². The molecular formula is C17H22F3NO5. The number of carbonyl (C=O) groups excluding carboxylic acids is 1. The van der Waals surface area contributed by atoms with Gasteiger partial charge in [-0.05, 0) is 45.2 Å². The second-order valence-electron chi connectivity index (χ2n) is 6.64. The molecule has 1 amide bonds. The van der Waals surface area contributed by atoms with Gasteiger partial charge in [0.1, 0.15) is 11.4 Å². The van der Waals surface area contributed by atoms with Gasteiger partial charge in [0.2, 0.25) is 0 Å². The van der Waals surface area contributed by atoms with Gasteiger partial charge in [-0.15, -0.1) is 13.2 Å². The Bertz CT molecular complexity index is 626. The maximum absolute atomic E-state index is 12.5. The molecular weight excluding hydrogens is 355 g/mol. The highest BCUT2D eigenvalue weighted by Crippen LogP contribution is 2.27. The molecule has 0 heterocycles. The van der Waals surface area contributed by atoms with E-state index in [-0.39, 0.29) is 24.8 Å². The molecule has 0 saturated heterocycles. The number of nitrogens with one attached hydrogen (secondary N) is 1. The highest BCUT2D eigenvalue weighted by molar-refractivity contribution is 5.69. The van der Waals surface area contributed by atoms with E-state index in [4.69, 9.17) is 9.84 Å². The van der Waals surface area contributed by atoms with Crippen molar-refractivity contribution in [3.8, 4) is 5.75 Å². The predicted octanol–water partition coefficient (Wildman–Crippen LogP) is 3.89. The first-order valence-electron chi connectivity index (χ1n) is 7.90. The lowest BCUT2D eigenvalue weighted by atomic mass is 10.0. The van der Waals surface area contributed by atoms with Crippen molar-refractivity contribution >= 4 is 12.1 Å². The molecule has 9 heteroatoms. The fraction of sp³-hybridized carbons (Fsp3) is 0.529. The van der Waals surface area contributed by atoms with Gasteiger partial charge >= 0.3 is 18.4 Å². The Labute approximate surface area is 149 Å². The minimum atomic E-state index is -4.86. The Morgan fingerprint density at radius 1 is 1.19 bits per heavy atom. The lowest BCUT2D eigenvalue weighted by molar-refractivity contribution is -0.274. The van der Waals surface area contributed by atoms with Crippen molar-refractivity contribution in [1.82, 2.24) is 5.32 Å². The van der Waals surface area contributed by atoms with Gasteiger partial charge in [0, 0.05) is 12.5 Å². The van der Waals surface area contributed by atoms with Crippen molar-refractivity contribution in [2.24, 2.45) is 0 Å². The third-order valence-electron chi connectivity index (χ3n) is 3.09. The van der Waals surface area contributed by atoms with Crippen LogP contribution in [0.4, 0.5) is 18.0 Å². The maximum Gasteiger partial charge on any atom is 0.573 e. The third kappa shape index (κ3) is 9.14. The minimum absolute atomic E-state index is 0.0227. The van der Waals surface area contributed by atoms with Crippen LogP contribution in [0.5, 0.6) is 5.75 Å². The van der Waals surface area contributed by atoms with Crippen LogP contribution >= 0.6 is 0 Å². The number of hydrogen-bond donors (Lipinski definition) is 2. The number of carboxylic acid groups (broad SMARTS) is 1. The van der Waals surface area contributed by atoms with Crippen LogP contribution in [0.25, 0.3) is 0 Å². The van der Waals surface area contributed by atoms with E-state index in [0.29, 0.717) is 0 Å². The van der Waals surface area contributed by atoms with Crippen molar-refractivity contribution in [2.45, 2.75) is 58.0 Å². The largest absolute Gasteiger partial charge is 0.573 e. The molecule has 0 radical (unpaired) electrons. The van der Waals surface area contributed by atoms with Crippen LogP contribution in [0.1, 0.15) is 39.2 Å². The standard InChI is InChI=1S/C17H22F3NO5/c1-16(2,3)26-15(24)21-12(8-9-14(22)23)10-11-6-4-5-7-13(11)25-17(18,19)20/h4-7,12H,8-10H2,1-3H3,(H,21,24)(H,22,23). The number of alkyl carbamates (subject to hydrolysis) is 1. The summed E-state index contributed by atoms with van der Waals surface area (Å²) in [5, 5.41) is 11.3. The summed E-state index contributed by atoms with van der Waals surface area (Å²) in [5.41, 5.74) is -0.574. The number of halogens is 3. The molecule has 0 aliphatic rings. The van der Waals surface area contributed by atoms with Gasteiger partial charge < -0.3 is 19.9 Å². The summed E-state index contributed by atoms with van der Waals surface area (Å²) in [5.74, 6) is -1.48. The molecule has 0 aromatic heterocycles. The molecule has 0 saturated carbocycles. The monoisotopic (exact) mass is 377 g/mol. The van der Waals surface area contributed by atoms with Crippen LogP contribution in [0, 0.1) is 0 Å². The zero-order valence-electron chi connectivity index (χ0n) is 14.7. The second kappa shape index (κ2) is 8.77. The van der Waals surface area contributed by atoms with Crippen molar-refractivity contribution < 1.29 is 37.3 Å². The van der Waals surface area contributed by atoms with E-state index < -0.39 is 35.8 Å². The summed E-state index contributed by atoms with van der Waals surface area (Å²) >= 11 is 0. The normalized spacial score (nSPS) is 13.0. The molecule has 0 spiro atoms. The molecule has 1 unspecified atom stereocenters. The van der Waals surface area contributed by atoms with Gasteiger partial charge in [0.15, 0.2) is 0 Å². The van der Waals surface area contributed by atoms with Gasteiger partial charge in [-0.25, -0.2) is 4.79 Å². The van der Waals surface area contributed by atoms with Gasteiger partial charge in [0.25, 0.3) is 0 Å². The van der Waals surface area contributed by atoms with Crippen LogP contribution in [-0.4, -0.2) is 35.2 Å². The lowest BCUT2D eigenvalue weighted by Crippen LogP contribution is -2.40. The number of benzene rings is 1. The SMILES string of the molecule is CC(C)(C)OC(=O)NC(CCC(=O)O)Cc1ccccc1OC(F)(F)F. The van der Waals surface area contributed by atoms with E-state index in [0.717, 1.165) is 6.07 Å². The first-order chi connectivity index (χ1) is 11.9. The first-order valence-corrected chi connectivity index (χ1v) is 7.90. The molecule has 1 rings (SSSR count). The van der Waals surface area contributed by atoms with Crippen molar-refractivity contribution in [2.75, 3.05) is 0 Å². The highest BCUT2D eigenvalue weighted by atomic mass is 19.4. The Balaban J connectivity index is 2.91. The average Bonchev–Trinajstić information content (AvgIpc) is 2.43. The van der Waals surface area contributed by atoms with E-state index in [1.807, 2.05) is 0 Å². The molecule has 0 bridgehead atoms. The van der Waals surface area contributed by atoms with E-state index in [9.17, 15) is 22.8 Å². The molecule has 26 heavy (non-hydrogen) atoms. The molecule has 1 atom stereocenters. The highest BCUT2D eigenvalue weighted by Gasteiger charge is 2.32. The Kier molecular flexibility index (Phi) is 7.29. The predicted molar refractivity (Wildman–Crippen MR) is 86.9 cm³/mol. The lowest BCUT2D eigenvalue weighted by Gasteiger charge is -2.24. The zero-order valence-corrected chi connectivity index (χ0v) is 14.7. The Morgan fingerprint density at radius 2 is 1.81 bits per heavy atom. The summed E-state index contributed by atoms with van der Waals surface area (Å²) in [6.07, 6.45) is -5.91. The van der Waals surface area contributed by atoms with Crippen molar-refractivity contribution in [3.05, 3.63) is 29.8 Å². The number of carboxylic acids is 1. The number of alkyl halides is 3. The van der Waals surface area contributed by atoms with Crippen molar-refractivity contribution in [3.63, 3.8) is 0 Å². The number of ether oxygens (including phenoxy) is 2. The van der Waals surface area contributed by atoms with E-state index in [1.54, 1.807) is 20.8 Å². The summed E-state index contributed by atoms with van der Waals surface area (Å²) in [6.45, 7) is 4.97. The summed E-state index contributed by atoms with van der Waals surface area (Å²) < 4.78 is 46.7. The Hall–Kier alpha value is -2.45. The van der Waals surface area contributed by atoms with Gasteiger partial charge in [-0.2, -0.15) is 0 Å². The van der Waals surface area contributed by atoms with Gasteiger partial charge in [-0.1, -0.05) is 18.2 Å². The van der Waals surface area contributed by atoms with Gasteiger partial charge in [0.05, 0.1) is 0 Å². The minimum Gasteiger partial charge on any atom is -0.481 e. The fourth-order valence-electron chi connectivity index (χ4n) is 2.16. The number of rotatable bonds is 7. The molecule has 1 aromatic rings. The maximum atomic E-state index is 12.5. The van der Waals surface area contributed by atoms with Crippen LogP contribution in [0.15, 0.2) is 24.3 Å². The fourth-order valence-corrected chi connectivity index (χ4v) is 2.16. The summed E-state index contributed by atoms with van der Waals surface area (Å²) in [7, 11) is 0. The van der Waals surface area contributed by atoms with Crippen LogP contribution in [0.3, 0.4) is 0 Å². The number of hydrogen-bond acceptors (Lipinski definition) is 4.